The van der Waals surface area contributed by atoms with Crippen LogP contribution in [-0.4, -0.2) is 42.7 Å². The van der Waals surface area contributed by atoms with E-state index in [1.54, 1.807) is 19.5 Å². The lowest BCUT2D eigenvalue weighted by molar-refractivity contribution is -0.143. The zero-order chi connectivity index (χ0) is 29.1. The van der Waals surface area contributed by atoms with E-state index in [9.17, 15) is 9.90 Å². The zero-order valence-electron chi connectivity index (χ0n) is 23.7. The van der Waals surface area contributed by atoms with E-state index in [0.717, 1.165) is 64.1 Å². The van der Waals surface area contributed by atoms with Crippen LogP contribution < -0.4 is 9.47 Å². The molecule has 2 atom stereocenters. The molecular formula is C33H33N5O4. The largest absolute Gasteiger partial charge is 0.487 e. The van der Waals surface area contributed by atoms with Crippen molar-refractivity contribution in [2.24, 2.45) is 5.92 Å². The second kappa shape index (κ2) is 12.0. The number of pyridine rings is 1. The van der Waals surface area contributed by atoms with Crippen molar-refractivity contribution in [1.29, 1.82) is 0 Å². The number of aromatic nitrogens is 5. The van der Waals surface area contributed by atoms with Crippen molar-refractivity contribution < 1.29 is 19.4 Å². The van der Waals surface area contributed by atoms with E-state index in [1.165, 1.54) is 0 Å². The van der Waals surface area contributed by atoms with E-state index >= 15 is 0 Å². The number of rotatable bonds is 9. The van der Waals surface area contributed by atoms with Gasteiger partial charge in [0.1, 0.15) is 18.2 Å². The van der Waals surface area contributed by atoms with Crippen molar-refractivity contribution in [2.75, 3.05) is 7.11 Å². The summed E-state index contributed by atoms with van der Waals surface area (Å²) in [6, 6.07) is 18.4. The standard InChI is InChI=1S/C33H33N5O4/c1-21-10-11-25(34-16-21)20-42-26-12-13-29-30(15-26)38(31(37-29)27-8-3-4-9-28(27)32(39)40)19-22-6-5-7-23(14-22)24-17-35-33(41-2)36-18-24/h5-7,10-18,27-28H,3-4,8-9,19-20H2,1-2H3,(H,39,40)/t27?,28-/m1/s1. The molecule has 1 unspecified atom stereocenters. The lowest BCUT2D eigenvalue weighted by atomic mass is 9.78. The van der Waals surface area contributed by atoms with Gasteiger partial charge >= 0.3 is 12.0 Å². The molecule has 3 aromatic heterocycles. The van der Waals surface area contributed by atoms with Gasteiger partial charge in [-0.05, 0) is 60.7 Å². The molecular weight excluding hydrogens is 530 g/mol. The Kier molecular flexibility index (Phi) is 7.81. The van der Waals surface area contributed by atoms with Crippen LogP contribution in [0.15, 0.2) is 73.2 Å². The molecule has 5 aromatic rings. The Balaban J connectivity index is 1.37. The fourth-order valence-electron chi connectivity index (χ4n) is 5.74. The molecule has 1 saturated carbocycles. The van der Waals surface area contributed by atoms with Crippen molar-refractivity contribution in [1.82, 2.24) is 24.5 Å². The van der Waals surface area contributed by atoms with E-state index in [4.69, 9.17) is 14.5 Å². The highest BCUT2D eigenvalue weighted by Gasteiger charge is 2.35. The number of carboxylic acids is 1. The Hall–Kier alpha value is -4.79. The van der Waals surface area contributed by atoms with Crippen molar-refractivity contribution in [3.63, 3.8) is 0 Å². The number of benzene rings is 2. The second-order valence-corrected chi connectivity index (χ2v) is 10.8. The number of imidazole rings is 1. The average molecular weight is 564 g/mol. The molecule has 0 spiro atoms. The number of carboxylic acid groups (broad SMARTS) is 1. The summed E-state index contributed by atoms with van der Waals surface area (Å²) in [7, 11) is 1.54. The van der Waals surface area contributed by atoms with E-state index in [1.807, 2.05) is 55.6 Å². The summed E-state index contributed by atoms with van der Waals surface area (Å²) in [5.74, 6) is 0.144. The number of aliphatic carboxylic acids is 1. The van der Waals surface area contributed by atoms with Gasteiger partial charge in [-0.3, -0.25) is 9.78 Å². The number of aryl methyl sites for hydroxylation is 1. The van der Waals surface area contributed by atoms with Crippen LogP contribution in [0.1, 0.15) is 54.2 Å². The lowest BCUT2D eigenvalue weighted by Crippen LogP contribution is -2.27. The SMILES string of the molecule is COc1ncc(-c2cccc(Cn3c(C4CCCC[C@H]4C(=O)O)nc4ccc(OCc5ccc(C)cn5)cc43)c2)cn1. The average Bonchev–Trinajstić information content (AvgIpc) is 3.38. The van der Waals surface area contributed by atoms with Crippen LogP contribution in [0.3, 0.4) is 0 Å². The van der Waals surface area contributed by atoms with Gasteiger partial charge in [0, 0.05) is 42.7 Å². The Morgan fingerprint density at radius 3 is 2.57 bits per heavy atom. The van der Waals surface area contributed by atoms with Crippen molar-refractivity contribution >= 4 is 17.0 Å². The molecule has 1 N–H and O–H groups in total. The second-order valence-electron chi connectivity index (χ2n) is 10.8. The topological polar surface area (TPSA) is 112 Å². The van der Waals surface area contributed by atoms with E-state index in [-0.39, 0.29) is 5.92 Å². The fraction of sp³-hybridized carbons (Fsp3) is 0.303. The van der Waals surface area contributed by atoms with Gasteiger partial charge in [0.2, 0.25) is 0 Å². The number of fused-ring (bicyclic) bond motifs is 1. The zero-order valence-corrected chi connectivity index (χ0v) is 23.7. The van der Waals surface area contributed by atoms with Crippen molar-refractivity contribution in [3.8, 4) is 22.9 Å². The fourth-order valence-corrected chi connectivity index (χ4v) is 5.74. The van der Waals surface area contributed by atoms with Gasteiger partial charge in [-0.1, -0.05) is 37.1 Å². The van der Waals surface area contributed by atoms with Crippen molar-refractivity contribution in [3.05, 3.63) is 95.8 Å². The highest BCUT2D eigenvalue weighted by Crippen LogP contribution is 2.39. The predicted octanol–water partition coefficient (Wildman–Crippen LogP) is 6.19. The van der Waals surface area contributed by atoms with Gasteiger partial charge in [0.25, 0.3) is 0 Å². The third kappa shape index (κ3) is 5.81. The quantitative estimate of drug-likeness (QED) is 0.226. The first kappa shape index (κ1) is 27.4. The molecule has 6 rings (SSSR count). The molecule has 1 aliphatic rings. The molecule has 0 saturated heterocycles. The normalized spacial score (nSPS) is 16.8. The minimum absolute atomic E-state index is 0.164. The maximum atomic E-state index is 12.3. The summed E-state index contributed by atoms with van der Waals surface area (Å²) in [5.41, 5.74) is 6.60. The van der Waals surface area contributed by atoms with Crippen LogP contribution in [-0.2, 0) is 17.9 Å². The molecule has 0 aliphatic heterocycles. The molecule has 9 heteroatoms. The highest BCUT2D eigenvalue weighted by molar-refractivity contribution is 5.79. The molecule has 3 heterocycles. The number of nitrogens with zero attached hydrogens (tertiary/aromatic N) is 5. The first-order chi connectivity index (χ1) is 20.5. The maximum Gasteiger partial charge on any atom is 0.316 e. The summed E-state index contributed by atoms with van der Waals surface area (Å²) in [6.45, 7) is 2.89. The summed E-state index contributed by atoms with van der Waals surface area (Å²) >= 11 is 0. The van der Waals surface area contributed by atoms with Gasteiger partial charge in [-0.2, -0.15) is 0 Å². The monoisotopic (exact) mass is 563 g/mol. The number of ether oxygens (including phenoxy) is 2. The maximum absolute atomic E-state index is 12.3. The molecule has 0 radical (unpaired) electrons. The Morgan fingerprint density at radius 2 is 1.81 bits per heavy atom. The molecule has 1 aliphatic carbocycles. The van der Waals surface area contributed by atoms with Gasteiger partial charge in [-0.15, -0.1) is 0 Å². The lowest BCUT2D eigenvalue weighted by Gasteiger charge is -2.28. The van der Waals surface area contributed by atoms with Gasteiger partial charge in [-0.25, -0.2) is 15.0 Å². The molecule has 214 valence electrons. The van der Waals surface area contributed by atoms with E-state index in [0.29, 0.717) is 31.3 Å². The summed E-state index contributed by atoms with van der Waals surface area (Å²) in [5, 5.41) is 10.1. The third-order valence-electron chi connectivity index (χ3n) is 7.94. The van der Waals surface area contributed by atoms with Gasteiger partial charge < -0.3 is 19.1 Å². The Labute approximate surface area is 244 Å². The Bertz CT molecular complexity index is 1700. The summed E-state index contributed by atoms with van der Waals surface area (Å²) in [6.07, 6.45) is 8.69. The molecule has 42 heavy (non-hydrogen) atoms. The van der Waals surface area contributed by atoms with Crippen LogP contribution in [0.2, 0.25) is 0 Å². The minimum Gasteiger partial charge on any atom is -0.487 e. The minimum atomic E-state index is -0.755. The van der Waals surface area contributed by atoms with Gasteiger partial charge in [0.05, 0.1) is 29.8 Å². The smallest absolute Gasteiger partial charge is 0.316 e. The summed E-state index contributed by atoms with van der Waals surface area (Å²) < 4.78 is 13.4. The van der Waals surface area contributed by atoms with Crippen LogP contribution >= 0.6 is 0 Å². The molecule has 0 bridgehead atoms. The molecule has 2 aromatic carbocycles. The number of carbonyl (C=O) groups is 1. The number of methoxy groups -OCH3 is 1. The van der Waals surface area contributed by atoms with Crippen LogP contribution in [0.4, 0.5) is 0 Å². The number of hydrogen-bond donors (Lipinski definition) is 1. The summed E-state index contributed by atoms with van der Waals surface area (Å²) in [4.78, 5) is 30.3. The van der Waals surface area contributed by atoms with Crippen molar-refractivity contribution in [2.45, 2.75) is 51.7 Å². The predicted molar refractivity (Wildman–Crippen MR) is 158 cm³/mol. The van der Waals surface area contributed by atoms with Crippen LogP contribution in [0.25, 0.3) is 22.2 Å². The molecule has 9 nitrogen and oxygen atoms in total. The van der Waals surface area contributed by atoms with E-state index in [2.05, 4.69) is 31.7 Å². The van der Waals surface area contributed by atoms with E-state index < -0.39 is 11.9 Å². The third-order valence-corrected chi connectivity index (χ3v) is 7.94. The first-order valence-electron chi connectivity index (χ1n) is 14.2. The van der Waals surface area contributed by atoms with Gasteiger partial charge in [0.15, 0.2) is 0 Å². The molecule has 0 amide bonds. The van der Waals surface area contributed by atoms with Crippen LogP contribution in [0.5, 0.6) is 11.8 Å². The number of hydrogen-bond acceptors (Lipinski definition) is 7. The highest BCUT2D eigenvalue weighted by atomic mass is 16.5. The first-order valence-corrected chi connectivity index (χ1v) is 14.2. The van der Waals surface area contributed by atoms with Crippen LogP contribution in [0, 0.1) is 12.8 Å². The molecule has 1 fully saturated rings. The Morgan fingerprint density at radius 1 is 0.976 bits per heavy atom.